The molecule has 0 aliphatic rings. The van der Waals surface area contributed by atoms with Crippen molar-refractivity contribution in [1.82, 2.24) is 0 Å². The normalized spacial score (nSPS) is 9.60. The van der Waals surface area contributed by atoms with Crippen LogP contribution in [-0.2, 0) is 16.0 Å². The van der Waals surface area contributed by atoms with Gasteiger partial charge in [-0.3, -0.25) is 4.79 Å². The minimum atomic E-state index is -0.431. The summed E-state index contributed by atoms with van der Waals surface area (Å²) in [5.41, 5.74) is 0.501. The van der Waals surface area contributed by atoms with Crippen LogP contribution in [0, 0.1) is 0 Å². The van der Waals surface area contributed by atoms with E-state index in [1.54, 1.807) is 0 Å². The number of hydrogen-bond donors (Lipinski definition) is 2. The van der Waals surface area contributed by atoms with Crippen molar-refractivity contribution in [2.24, 2.45) is 0 Å². The Morgan fingerprint density at radius 2 is 1.93 bits per heavy atom. The van der Waals surface area contributed by atoms with E-state index in [4.69, 9.17) is 14.9 Å². The molecule has 0 atom stereocenters. The van der Waals surface area contributed by atoms with Crippen molar-refractivity contribution >= 4 is 5.97 Å². The van der Waals surface area contributed by atoms with Gasteiger partial charge in [0, 0.05) is 6.07 Å². The van der Waals surface area contributed by atoms with E-state index in [0.29, 0.717) is 5.56 Å². The Bertz CT molecular complexity index is 351. The van der Waals surface area contributed by atoms with E-state index < -0.39 is 5.97 Å². The quantitative estimate of drug-likeness (QED) is 0.579. The second-order valence-electron chi connectivity index (χ2n) is 3.01. The van der Waals surface area contributed by atoms with Crippen LogP contribution in [0.25, 0.3) is 0 Å². The lowest BCUT2D eigenvalue weighted by atomic mass is 10.1. The molecular weight excluding hydrogens is 196 g/mol. The van der Waals surface area contributed by atoms with E-state index in [1.807, 2.05) is 0 Å². The van der Waals surface area contributed by atoms with Gasteiger partial charge in [0.1, 0.15) is 18.1 Å². The average molecular weight is 208 g/mol. The highest BCUT2D eigenvalue weighted by atomic mass is 16.5. The summed E-state index contributed by atoms with van der Waals surface area (Å²) in [4.78, 5) is 11.2. The number of ether oxygens (including phenoxy) is 1. The van der Waals surface area contributed by atoms with Crippen molar-refractivity contribution in [3.63, 3.8) is 0 Å². The smallest absolute Gasteiger partial charge is 0.310 e. The molecule has 0 spiro atoms. The average Bonchev–Trinajstić information content (AvgIpc) is 2.13. The molecule has 1 aromatic carbocycles. The predicted octanol–water partition coefficient (Wildman–Crippen LogP) is 1.37. The van der Waals surface area contributed by atoms with Crippen LogP contribution in [0.2, 0.25) is 0 Å². The molecule has 0 radical (unpaired) electrons. The topological polar surface area (TPSA) is 66.8 Å². The Morgan fingerprint density at radius 3 is 2.47 bits per heavy atom. The maximum Gasteiger partial charge on any atom is 0.310 e. The summed E-state index contributed by atoms with van der Waals surface area (Å²) in [6, 6.07) is 3.99. The Hall–Kier alpha value is -1.97. The predicted molar refractivity (Wildman–Crippen MR) is 54.6 cm³/mol. The molecule has 0 saturated carbocycles. The van der Waals surface area contributed by atoms with Crippen molar-refractivity contribution in [3.05, 3.63) is 36.4 Å². The number of esters is 1. The van der Waals surface area contributed by atoms with Gasteiger partial charge in [0.2, 0.25) is 0 Å². The van der Waals surface area contributed by atoms with Crippen LogP contribution in [0.5, 0.6) is 11.5 Å². The van der Waals surface area contributed by atoms with Gasteiger partial charge in [-0.05, 0) is 17.7 Å². The lowest BCUT2D eigenvalue weighted by molar-refractivity contribution is -0.141. The fraction of sp³-hybridized carbons (Fsp3) is 0.182. The van der Waals surface area contributed by atoms with E-state index in [-0.39, 0.29) is 24.5 Å². The second kappa shape index (κ2) is 5.05. The molecule has 0 unspecified atom stereocenters. The maximum atomic E-state index is 11.2. The first-order valence-electron chi connectivity index (χ1n) is 4.40. The number of phenolic OH excluding ortho intramolecular Hbond substituents is 2. The number of benzene rings is 1. The van der Waals surface area contributed by atoms with Crippen LogP contribution in [0.1, 0.15) is 5.56 Å². The summed E-state index contributed by atoms with van der Waals surface area (Å²) in [5, 5.41) is 18.3. The van der Waals surface area contributed by atoms with Crippen LogP contribution >= 0.6 is 0 Å². The molecule has 4 heteroatoms. The van der Waals surface area contributed by atoms with Crippen LogP contribution in [0.4, 0.5) is 0 Å². The first kappa shape index (κ1) is 11.1. The highest BCUT2D eigenvalue weighted by Crippen LogP contribution is 2.20. The SMILES string of the molecule is C=CCOC(=O)Cc1cc(O)cc(O)c1. The third kappa shape index (κ3) is 3.72. The van der Waals surface area contributed by atoms with Crippen LogP contribution in [0.3, 0.4) is 0 Å². The van der Waals surface area contributed by atoms with Gasteiger partial charge < -0.3 is 14.9 Å². The fourth-order valence-corrected chi connectivity index (χ4v) is 1.13. The van der Waals surface area contributed by atoms with Crippen LogP contribution in [0.15, 0.2) is 30.9 Å². The molecule has 2 N–H and O–H groups in total. The van der Waals surface area contributed by atoms with Crippen LogP contribution in [-0.4, -0.2) is 22.8 Å². The van der Waals surface area contributed by atoms with Crippen molar-refractivity contribution in [2.45, 2.75) is 6.42 Å². The number of carbonyl (C=O) groups excluding carboxylic acids is 1. The zero-order valence-electron chi connectivity index (χ0n) is 8.14. The maximum absolute atomic E-state index is 11.2. The first-order valence-corrected chi connectivity index (χ1v) is 4.40. The molecule has 0 aliphatic heterocycles. The molecule has 0 amide bonds. The Morgan fingerprint density at radius 1 is 1.33 bits per heavy atom. The van der Waals surface area contributed by atoms with Crippen molar-refractivity contribution in [1.29, 1.82) is 0 Å². The van der Waals surface area contributed by atoms with Gasteiger partial charge in [-0.1, -0.05) is 12.7 Å². The van der Waals surface area contributed by atoms with E-state index in [0.717, 1.165) is 0 Å². The van der Waals surface area contributed by atoms with Crippen molar-refractivity contribution < 1.29 is 19.7 Å². The largest absolute Gasteiger partial charge is 0.508 e. The monoisotopic (exact) mass is 208 g/mol. The molecule has 1 aromatic rings. The highest BCUT2D eigenvalue weighted by molar-refractivity contribution is 5.73. The summed E-state index contributed by atoms with van der Waals surface area (Å²) in [6.45, 7) is 3.57. The molecule has 0 saturated heterocycles. The number of aromatic hydroxyl groups is 2. The molecule has 0 aromatic heterocycles. The Labute approximate surface area is 87.4 Å². The summed E-state index contributed by atoms with van der Waals surface area (Å²) in [6.07, 6.45) is 1.48. The lowest BCUT2D eigenvalue weighted by Gasteiger charge is -2.03. The van der Waals surface area contributed by atoms with Crippen molar-refractivity contribution in [2.75, 3.05) is 6.61 Å². The third-order valence-corrected chi connectivity index (χ3v) is 1.67. The number of phenols is 2. The van der Waals surface area contributed by atoms with Crippen molar-refractivity contribution in [3.8, 4) is 11.5 Å². The number of carbonyl (C=O) groups is 1. The highest BCUT2D eigenvalue weighted by Gasteiger charge is 2.06. The van der Waals surface area contributed by atoms with Gasteiger partial charge in [0.25, 0.3) is 0 Å². The summed E-state index contributed by atoms with van der Waals surface area (Å²) in [7, 11) is 0. The van der Waals surface area contributed by atoms with E-state index in [9.17, 15) is 4.79 Å². The molecule has 0 bridgehead atoms. The zero-order valence-corrected chi connectivity index (χ0v) is 8.14. The van der Waals surface area contributed by atoms with Gasteiger partial charge in [0.15, 0.2) is 0 Å². The number of hydrogen-bond acceptors (Lipinski definition) is 4. The first-order chi connectivity index (χ1) is 7.11. The number of rotatable bonds is 4. The molecule has 0 fully saturated rings. The minimum Gasteiger partial charge on any atom is -0.508 e. The molecule has 0 aliphatic carbocycles. The molecule has 4 nitrogen and oxygen atoms in total. The zero-order chi connectivity index (χ0) is 11.3. The lowest BCUT2D eigenvalue weighted by Crippen LogP contribution is -2.07. The second-order valence-corrected chi connectivity index (χ2v) is 3.01. The molecule has 0 heterocycles. The molecule has 1 rings (SSSR count). The summed E-state index contributed by atoms with van der Waals surface area (Å²) >= 11 is 0. The molecular formula is C11H12O4. The summed E-state index contributed by atoms with van der Waals surface area (Å²) in [5.74, 6) is -0.594. The van der Waals surface area contributed by atoms with Crippen LogP contribution < -0.4 is 0 Å². The fourth-order valence-electron chi connectivity index (χ4n) is 1.13. The van der Waals surface area contributed by atoms with Gasteiger partial charge in [-0.15, -0.1) is 0 Å². The third-order valence-electron chi connectivity index (χ3n) is 1.67. The summed E-state index contributed by atoms with van der Waals surface area (Å²) < 4.78 is 4.75. The molecule has 80 valence electrons. The van der Waals surface area contributed by atoms with Gasteiger partial charge in [-0.2, -0.15) is 0 Å². The Balaban J connectivity index is 2.63. The van der Waals surface area contributed by atoms with E-state index in [2.05, 4.69) is 6.58 Å². The van der Waals surface area contributed by atoms with E-state index >= 15 is 0 Å². The van der Waals surface area contributed by atoms with Gasteiger partial charge in [-0.25, -0.2) is 0 Å². The minimum absolute atomic E-state index is 0.00972. The molecule has 15 heavy (non-hydrogen) atoms. The van der Waals surface area contributed by atoms with E-state index in [1.165, 1.54) is 24.3 Å². The Kier molecular flexibility index (Phi) is 3.74. The standard InChI is InChI=1S/C11H12O4/c1-2-3-15-11(14)6-8-4-9(12)7-10(13)5-8/h2,4-5,7,12-13H,1,3,6H2. The van der Waals surface area contributed by atoms with Gasteiger partial charge >= 0.3 is 5.97 Å². The van der Waals surface area contributed by atoms with Gasteiger partial charge in [0.05, 0.1) is 6.42 Å².